The van der Waals surface area contributed by atoms with Crippen molar-refractivity contribution in [1.29, 1.82) is 0 Å². The fraction of sp³-hybridized carbons (Fsp3) is 0.533. The third kappa shape index (κ3) is 3.51. The van der Waals surface area contributed by atoms with E-state index >= 15 is 0 Å². The van der Waals surface area contributed by atoms with Crippen molar-refractivity contribution >= 4 is 34.8 Å². The van der Waals surface area contributed by atoms with Crippen LogP contribution in [0.1, 0.15) is 12.8 Å². The molecule has 0 bridgehead atoms. The smallest absolute Gasteiger partial charge is 0.238 e. The number of hydrogen-bond acceptors (Lipinski definition) is 3. The molecule has 2 heterocycles. The Labute approximate surface area is 134 Å². The van der Waals surface area contributed by atoms with E-state index in [1.165, 1.54) is 12.8 Å². The van der Waals surface area contributed by atoms with Crippen molar-refractivity contribution in [3.63, 3.8) is 0 Å². The topological polar surface area (TPSA) is 44.4 Å². The highest BCUT2D eigenvalue weighted by Crippen LogP contribution is 2.35. The van der Waals surface area contributed by atoms with Crippen molar-refractivity contribution in [3.8, 4) is 0 Å². The van der Waals surface area contributed by atoms with Crippen LogP contribution in [0.2, 0.25) is 10.0 Å². The van der Waals surface area contributed by atoms with E-state index in [-0.39, 0.29) is 5.91 Å². The zero-order valence-corrected chi connectivity index (χ0v) is 13.3. The average molecular weight is 328 g/mol. The van der Waals surface area contributed by atoms with Crippen LogP contribution in [0.5, 0.6) is 0 Å². The minimum Gasteiger partial charge on any atom is -0.324 e. The van der Waals surface area contributed by atoms with Crippen LogP contribution in [0.4, 0.5) is 5.69 Å². The summed E-state index contributed by atoms with van der Waals surface area (Å²) in [4.78, 5) is 14.4. The van der Waals surface area contributed by atoms with E-state index in [0.29, 0.717) is 27.7 Å². The summed E-state index contributed by atoms with van der Waals surface area (Å²) < 4.78 is 0. The highest BCUT2D eigenvalue weighted by Gasteiger charge is 2.40. The third-order valence-corrected chi connectivity index (χ3v) is 4.98. The van der Waals surface area contributed by atoms with Gasteiger partial charge in [0.25, 0.3) is 0 Å². The monoisotopic (exact) mass is 327 g/mol. The lowest BCUT2D eigenvalue weighted by Crippen LogP contribution is -2.34. The largest absolute Gasteiger partial charge is 0.324 e. The van der Waals surface area contributed by atoms with E-state index in [1.54, 1.807) is 18.2 Å². The van der Waals surface area contributed by atoms with Gasteiger partial charge in [-0.25, -0.2) is 0 Å². The number of benzene rings is 1. The number of nitrogens with zero attached hydrogens (tertiary/aromatic N) is 1. The fourth-order valence-electron chi connectivity index (χ4n) is 3.29. The van der Waals surface area contributed by atoms with E-state index < -0.39 is 0 Å². The van der Waals surface area contributed by atoms with Gasteiger partial charge >= 0.3 is 0 Å². The maximum absolute atomic E-state index is 12.2. The molecule has 2 aliphatic rings. The molecule has 2 saturated heterocycles. The Morgan fingerprint density at radius 2 is 2.24 bits per heavy atom. The van der Waals surface area contributed by atoms with Gasteiger partial charge in [0.15, 0.2) is 0 Å². The molecule has 0 aliphatic carbocycles. The second-order valence-corrected chi connectivity index (χ2v) is 6.90. The highest BCUT2D eigenvalue weighted by atomic mass is 35.5. The van der Waals surface area contributed by atoms with Crippen molar-refractivity contribution < 1.29 is 4.79 Å². The first kappa shape index (κ1) is 15.1. The lowest BCUT2D eigenvalue weighted by molar-refractivity contribution is -0.117. The summed E-state index contributed by atoms with van der Waals surface area (Å²) in [5, 5.41) is 7.33. The number of halogens is 2. The number of anilines is 1. The van der Waals surface area contributed by atoms with Crippen LogP contribution in [-0.2, 0) is 4.79 Å². The quantitative estimate of drug-likeness (QED) is 0.896. The van der Waals surface area contributed by atoms with E-state index in [1.807, 2.05) is 0 Å². The first-order chi connectivity index (χ1) is 10.1. The Kier molecular flexibility index (Phi) is 4.41. The lowest BCUT2D eigenvalue weighted by atomic mass is 9.87. The number of likely N-dealkylation sites (tertiary alicyclic amines) is 1. The van der Waals surface area contributed by atoms with Crippen molar-refractivity contribution in [2.24, 2.45) is 5.41 Å². The van der Waals surface area contributed by atoms with Crippen LogP contribution in [-0.4, -0.2) is 43.5 Å². The van der Waals surface area contributed by atoms with Gasteiger partial charge in [-0.3, -0.25) is 9.69 Å². The fourth-order valence-corrected chi connectivity index (χ4v) is 3.63. The molecular formula is C15H19Cl2N3O. The molecule has 1 atom stereocenters. The Morgan fingerprint density at radius 1 is 1.38 bits per heavy atom. The third-order valence-electron chi connectivity index (χ3n) is 4.42. The van der Waals surface area contributed by atoms with Crippen LogP contribution >= 0.6 is 23.2 Å². The number of rotatable bonds is 3. The zero-order chi connectivity index (χ0) is 14.9. The van der Waals surface area contributed by atoms with Gasteiger partial charge in [-0.2, -0.15) is 0 Å². The van der Waals surface area contributed by atoms with Crippen molar-refractivity contribution in [1.82, 2.24) is 10.2 Å². The van der Waals surface area contributed by atoms with E-state index in [9.17, 15) is 4.79 Å². The summed E-state index contributed by atoms with van der Waals surface area (Å²) in [5.74, 6) is -0.0397. The molecule has 1 unspecified atom stereocenters. The molecule has 2 aliphatic heterocycles. The summed E-state index contributed by atoms with van der Waals surface area (Å²) in [7, 11) is 0. The molecule has 2 fully saturated rings. The second kappa shape index (κ2) is 6.13. The number of carbonyl (C=O) groups is 1. The number of amides is 1. The molecule has 1 amide bonds. The van der Waals surface area contributed by atoms with E-state index in [0.717, 1.165) is 26.2 Å². The van der Waals surface area contributed by atoms with Crippen molar-refractivity contribution in [2.45, 2.75) is 12.8 Å². The molecule has 1 aromatic carbocycles. The molecule has 4 nitrogen and oxygen atoms in total. The Balaban J connectivity index is 1.56. The first-order valence-corrected chi connectivity index (χ1v) is 8.00. The van der Waals surface area contributed by atoms with Gasteiger partial charge < -0.3 is 10.6 Å². The molecule has 0 saturated carbocycles. The summed E-state index contributed by atoms with van der Waals surface area (Å²) in [6.45, 7) is 4.56. The normalized spacial score (nSPS) is 25.6. The minimum atomic E-state index is -0.0397. The molecule has 0 aromatic heterocycles. The van der Waals surface area contributed by atoms with Crippen molar-refractivity contribution in [3.05, 3.63) is 28.2 Å². The van der Waals surface area contributed by atoms with Crippen LogP contribution in [0.25, 0.3) is 0 Å². The molecule has 114 valence electrons. The number of carbonyl (C=O) groups excluding carboxylic acids is 1. The number of nitrogens with one attached hydrogen (secondary N) is 2. The molecule has 2 N–H and O–H groups in total. The minimum absolute atomic E-state index is 0.0397. The zero-order valence-electron chi connectivity index (χ0n) is 11.8. The predicted molar refractivity (Wildman–Crippen MR) is 86.1 cm³/mol. The van der Waals surface area contributed by atoms with Crippen molar-refractivity contribution in [2.75, 3.05) is 38.0 Å². The van der Waals surface area contributed by atoms with Gasteiger partial charge in [-0.15, -0.1) is 0 Å². The molecule has 6 heteroatoms. The molecule has 1 aromatic rings. The maximum Gasteiger partial charge on any atom is 0.238 e. The summed E-state index contributed by atoms with van der Waals surface area (Å²) in [5.41, 5.74) is 0.958. The van der Waals surface area contributed by atoms with Crippen LogP contribution in [0, 0.1) is 5.41 Å². The maximum atomic E-state index is 12.2. The van der Waals surface area contributed by atoms with E-state index in [4.69, 9.17) is 23.2 Å². The second-order valence-electron chi connectivity index (χ2n) is 6.06. The van der Waals surface area contributed by atoms with Crippen LogP contribution in [0.15, 0.2) is 18.2 Å². The summed E-state index contributed by atoms with van der Waals surface area (Å²) in [6, 6.07) is 5.07. The molecule has 21 heavy (non-hydrogen) atoms. The Morgan fingerprint density at radius 3 is 3.00 bits per heavy atom. The van der Waals surface area contributed by atoms with Crippen LogP contribution < -0.4 is 10.6 Å². The standard InChI is InChI=1S/C15H19Cl2N3O/c16-11-1-2-12(17)13(7-11)19-14(21)8-20-6-4-15(10-20)3-5-18-9-15/h1-2,7,18H,3-6,8-10H2,(H,19,21). The van der Waals surface area contributed by atoms with Crippen LogP contribution in [0.3, 0.4) is 0 Å². The summed E-state index contributed by atoms with van der Waals surface area (Å²) in [6.07, 6.45) is 2.39. The lowest BCUT2D eigenvalue weighted by Gasteiger charge is -2.22. The van der Waals surface area contributed by atoms with Gasteiger partial charge in [-0.05, 0) is 49.5 Å². The van der Waals surface area contributed by atoms with Gasteiger partial charge in [0.1, 0.15) is 0 Å². The highest BCUT2D eigenvalue weighted by molar-refractivity contribution is 6.35. The number of hydrogen-bond donors (Lipinski definition) is 2. The van der Waals surface area contributed by atoms with Gasteiger partial charge in [0, 0.05) is 18.1 Å². The van der Waals surface area contributed by atoms with Gasteiger partial charge in [0.2, 0.25) is 5.91 Å². The molecule has 1 spiro atoms. The van der Waals surface area contributed by atoms with Gasteiger partial charge in [-0.1, -0.05) is 23.2 Å². The molecule has 0 radical (unpaired) electrons. The average Bonchev–Trinajstić information content (AvgIpc) is 3.05. The summed E-state index contributed by atoms with van der Waals surface area (Å²) >= 11 is 12.0. The first-order valence-electron chi connectivity index (χ1n) is 7.24. The molecular weight excluding hydrogens is 309 g/mol. The van der Waals surface area contributed by atoms with E-state index in [2.05, 4.69) is 15.5 Å². The van der Waals surface area contributed by atoms with Gasteiger partial charge in [0.05, 0.1) is 17.3 Å². The SMILES string of the molecule is O=C(CN1CCC2(CCNC2)C1)Nc1cc(Cl)ccc1Cl. The Bertz CT molecular complexity index is 544. The predicted octanol–water partition coefficient (Wildman–Crippen LogP) is 2.62. The Hall–Kier alpha value is -0.810. The molecule has 3 rings (SSSR count).